The summed E-state index contributed by atoms with van der Waals surface area (Å²) < 4.78 is 67.6. The zero-order valence-electron chi connectivity index (χ0n) is 33.2. The molecule has 1 aromatic heterocycles. The van der Waals surface area contributed by atoms with Crippen LogP contribution in [0.15, 0.2) is 18.2 Å². The fourth-order valence-electron chi connectivity index (χ4n) is 8.54. The number of carbonyl (C=O) groups excluding carboxylic acids is 4. The van der Waals surface area contributed by atoms with Gasteiger partial charge in [0.25, 0.3) is 5.91 Å². The van der Waals surface area contributed by atoms with Crippen molar-refractivity contribution >= 4 is 44.9 Å². The predicted molar refractivity (Wildman–Crippen MR) is 205 cm³/mol. The SMILES string of the molecule is CC(C)(C)[C@@H]1NC(=O)O[C@@H]2CCC[C@H]2CCCCCc2nc3ccc(C#N)cc3nc2O[C@@H]2C[C@@H](C(=O)N[C@]3(C(=O)NS(=O)(=O)C4(C)CC4)C[C@H]3C(F)F)N(C2)C1=O. The van der Waals surface area contributed by atoms with Crippen LogP contribution in [0.25, 0.3) is 11.0 Å². The average Bonchev–Trinajstić information content (AvgIpc) is 3.99. The molecule has 4 fully saturated rings. The fourth-order valence-corrected chi connectivity index (χ4v) is 9.85. The second kappa shape index (κ2) is 15.5. The maximum Gasteiger partial charge on any atom is 0.408 e. The summed E-state index contributed by atoms with van der Waals surface area (Å²) in [6.45, 7) is 6.46. The quantitative estimate of drug-likeness (QED) is 0.371. The molecule has 3 aliphatic carbocycles. The van der Waals surface area contributed by atoms with Crippen LogP contribution in [0.3, 0.4) is 0 Å². The highest BCUT2D eigenvalue weighted by molar-refractivity contribution is 7.91. The molecule has 7 atom stereocenters. The van der Waals surface area contributed by atoms with E-state index in [9.17, 15) is 41.6 Å². The monoisotopic (exact) mass is 827 g/mol. The van der Waals surface area contributed by atoms with Gasteiger partial charge in [0.05, 0.1) is 39.9 Å². The number of hydrogen-bond donors (Lipinski definition) is 3. The molecule has 2 bridgehead atoms. The number of aryl methyl sites for hydroxylation is 1. The van der Waals surface area contributed by atoms with Crippen LogP contribution >= 0.6 is 0 Å². The Morgan fingerprint density at radius 1 is 1.05 bits per heavy atom. The first-order chi connectivity index (χ1) is 27.3. The molecule has 1 saturated heterocycles. The number of amides is 4. The lowest BCUT2D eigenvalue weighted by molar-refractivity contribution is -0.143. The van der Waals surface area contributed by atoms with Crippen LogP contribution in [0.2, 0.25) is 0 Å². The molecule has 7 rings (SSSR count). The van der Waals surface area contributed by atoms with Gasteiger partial charge in [-0.2, -0.15) is 5.26 Å². The van der Waals surface area contributed by atoms with E-state index < -0.39 is 86.5 Å². The van der Waals surface area contributed by atoms with Crippen LogP contribution in [0.5, 0.6) is 5.88 Å². The molecule has 5 aliphatic rings. The van der Waals surface area contributed by atoms with Crippen molar-refractivity contribution in [1.29, 1.82) is 5.26 Å². The molecular formula is C40H51F2N7O8S. The molecule has 0 unspecified atom stereocenters. The summed E-state index contributed by atoms with van der Waals surface area (Å²) in [7, 11) is -4.24. The number of nitrogens with zero attached hydrogens (tertiary/aromatic N) is 4. The van der Waals surface area contributed by atoms with Gasteiger partial charge < -0.3 is 25.0 Å². The van der Waals surface area contributed by atoms with Gasteiger partial charge in [-0.3, -0.25) is 19.1 Å². The number of sulfonamides is 1. The molecule has 4 amide bonds. The number of ether oxygens (including phenoxy) is 2. The molecule has 3 heterocycles. The first-order valence-corrected chi connectivity index (χ1v) is 21.6. The summed E-state index contributed by atoms with van der Waals surface area (Å²) in [6, 6.07) is 4.41. The van der Waals surface area contributed by atoms with Crippen molar-refractivity contribution in [2.45, 2.75) is 146 Å². The van der Waals surface area contributed by atoms with Crippen molar-refractivity contribution in [3.8, 4) is 11.9 Å². The Labute approximate surface area is 336 Å². The lowest BCUT2D eigenvalue weighted by atomic mass is 9.85. The molecule has 58 heavy (non-hydrogen) atoms. The molecule has 18 heteroatoms. The van der Waals surface area contributed by atoms with E-state index in [1.165, 1.54) is 11.8 Å². The van der Waals surface area contributed by atoms with E-state index in [2.05, 4.69) is 16.7 Å². The standard InChI is InChI=1S/C40H51F2N7O8S/c1-38(2,3)31-35(51)49-21-24(18-29(49)33(50)47-40(19-25(40)32(41)42)36(52)48-58(54,55)39(4)15-16-39)56-34-27(44-26-14-13-22(20-43)17-28(26)45-34)11-7-5-6-9-23-10-8-12-30(23)57-37(53)46-31/h13-14,17,23-25,29-32H,5-12,15-16,18-19,21H2,1-4H3,(H,46,53)(H,47,50)(H,48,52)/t23-,24-,25+,29+,30-,31-,40-/m1/s1. The zero-order chi connectivity index (χ0) is 41.8. The Kier molecular flexibility index (Phi) is 11.1. The van der Waals surface area contributed by atoms with Gasteiger partial charge in [-0.1, -0.05) is 33.6 Å². The third-order valence-corrected chi connectivity index (χ3v) is 14.7. The lowest BCUT2D eigenvalue weighted by Crippen LogP contribution is -2.60. The zero-order valence-corrected chi connectivity index (χ0v) is 34.0. The Bertz CT molecular complexity index is 2140. The van der Waals surface area contributed by atoms with E-state index in [0.29, 0.717) is 35.1 Å². The van der Waals surface area contributed by atoms with Crippen molar-refractivity contribution < 1.29 is 45.9 Å². The minimum absolute atomic E-state index is 0.153. The third-order valence-electron chi connectivity index (χ3n) is 12.6. The predicted octanol–water partition coefficient (Wildman–Crippen LogP) is 4.41. The molecule has 0 spiro atoms. The van der Waals surface area contributed by atoms with E-state index in [-0.39, 0.29) is 43.7 Å². The van der Waals surface area contributed by atoms with E-state index in [4.69, 9.17) is 19.4 Å². The molecule has 2 aromatic rings. The van der Waals surface area contributed by atoms with Gasteiger partial charge in [-0.25, -0.2) is 32.0 Å². The van der Waals surface area contributed by atoms with Crippen molar-refractivity contribution in [3.63, 3.8) is 0 Å². The van der Waals surface area contributed by atoms with E-state index in [0.717, 1.165) is 38.5 Å². The summed E-state index contributed by atoms with van der Waals surface area (Å²) in [5.41, 5.74) is -1.30. The van der Waals surface area contributed by atoms with Crippen LogP contribution in [-0.4, -0.2) is 94.6 Å². The van der Waals surface area contributed by atoms with Crippen LogP contribution in [-0.2, 0) is 35.6 Å². The number of carbonyl (C=O) groups is 4. The molecule has 2 aliphatic heterocycles. The second-order valence-corrected chi connectivity index (χ2v) is 20.1. The number of nitrogens with one attached hydrogen (secondary N) is 3. The van der Waals surface area contributed by atoms with Crippen LogP contribution in [0.1, 0.15) is 110 Å². The van der Waals surface area contributed by atoms with Gasteiger partial charge in [0.15, 0.2) is 0 Å². The van der Waals surface area contributed by atoms with Crippen LogP contribution < -0.4 is 20.1 Å². The summed E-state index contributed by atoms with van der Waals surface area (Å²) in [4.78, 5) is 66.9. The molecular weight excluding hydrogens is 777 g/mol. The normalized spacial score (nSPS) is 30.1. The first-order valence-electron chi connectivity index (χ1n) is 20.2. The largest absolute Gasteiger partial charge is 0.471 e. The van der Waals surface area contributed by atoms with Gasteiger partial charge in [0.2, 0.25) is 34.1 Å². The Morgan fingerprint density at radius 2 is 1.79 bits per heavy atom. The average molecular weight is 828 g/mol. The number of alkyl carbamates (subject to hydrolysis) is 1. The van der Waals surface area contributed by atoms with Crippen molar-refractivity contribution in [1.82, 2.24) is 30.2 Å². The Hall–Kier alpha value is -4.66. The second-order valence-electron chi connectivity index (χ2n) is 17.9. The summed E-state index contributed by atoms with van der Waals surface area (Å²) >= 11 is 0. The highest BCUT2D eigenvalue weighted by Gasteiger charge is 2.67. The molecule has 0 radical (unpaired) electrons. The molecule has 3 N–H and O–H groups in total. The highest BCUT2D eigenvalue weighted by atomic mass is 32.2. The molecule has 3 saturated carbocycles. The van der Waals surface area contributed by atoms with Gasteiger partial charge in [0.1, 0.15) is 35.5 Å². The van der Waals surface area contributed by atoms with Crippen molar-refractivity contribution in [2.24, 2.45) is 17.3 Å². The van der Waals surface area contributed by atoms with Crippen LogP contribution in [0.4, 0.5) is 13.6 Å². The Morgan fingerprint density at radius 3 is 2.47 bits per heavy atom. The highest BCUT2D eigenvalue weighted by Crippen LogP contribution is 2.49. The maximum absolute atomic E-state index is 14.7. The summed E-state index contributed by atoms with van der Waals surface area (Å²) in [5.74, 6) is -4.28. The van der Waals surface area contributed by atoms with Gasteiger partial charge in [0, 0.05) is 6.42 Å². The number of alkyl halides is 2. The number of hydrogen-bond acceptors (Lipinski definition) is 11. The number of halogens is 2. The van der Waals surface area contributed by atoms with E-state index >= 15 is 0 Å². The van der Waals surface area contributed by atoms with E-state index in [1.807, 2.05) is 4.72 Å². The topological polar surface area (TPSA) is 210 Å². The molecule has 15 nitrogen and oxygen atoms in total. The number of benzene rings is 1. The smallest absolute Gasteiger partial charge is 0.408 e. The lowest BCUT2D eigenvalue weighted by Gasteiger charge is -2.35. The molecule has 1 aromatic carbocycles. The minimum atomic E-state index is -4.24. The fraction of sp³-hybridized carbons (Fsp3) is 0.675. The van der Waals surface area contributed by atoms with E-state index in [1.54, 1.807) is 39.0 Å². The van der Waals surface area contributed by atoms with Gasteiger partial charge in [-0.05, 0) is 94.2 Å². The molecule has 314 valence electrons. The number of aromatic nitrogens is 2. The van der Waals surface area contributed by atoms with Crippen LogP contribution in [0, 0.1) is 28.6 Å². The number of fused-ring (bicyclic) bond motifs is 5. The number of nitriles is 1. The third kappa shape index (κ3) is 8.28. The maximum atomic E-state index is 14.7. The van der Waals surface area contributed by atoms with Gasteiger partial charge in [-0.15, -0.1) is 0 Å². The summed E-state index contributed by atoms with van der Waals surface area (Å²) in [5, 5.41) is 14.7. The summed E-state index contributed by atoms with van der Waals surface area (Å²) in [6.07, 6.45) is 1.14. The van der Waals surface area contributed by atoms with Crippen molar-refractivity contribution in [2.75, 3.05) is 6.54 Å². The first kappa shape index (κ1) is 41.5. The van der Waals surface area contributed by atoms with Crippen molar-refractivity contribution in [3.05, 3.63) is 29.5 Å². The number of rotatable bonds is 6. The minimum Gasteiger partial charge on any atom is -0.471 e. The Balaban J connectivity index is 1.24. The van der Waals surface area contributed by atoms with Gasteiger partial charge >= 0.3 is 6.09 Å².